The van der Waals surface area contributed by atoms with Gasteiger partial charge in [-0.15, -0.1) is 0 Å². The summed E-state index contributed by atoms with van der Waals surface area (Å²) in [5, 5.41) is 3.77. The van der Waals surface area contributed by atoms with E-state index in [1.807, 2.05) is 19.9 Å². The average Bonchev–Trinajstić information content (AvgIpc) is 3.02. The molecule has 1 heterocycles. The summed E-state index contributed by atoms with van der Waals surface area (Å²) in [5.41, 5.74) is 2.71. The number of hydrazone groups is 1. The molecule has 0 bridgehead atoms. The van der Waals surface area contributed by atoms with Crippen LogP contribution in [-0.4, -0.2) is 19.2 Å². The van der Waals surface area contributed by atoms with Crippen molar-refractivity contribution in [2.24, 2.45) is 5.10 Å². The third kappa shape index (κ3) is 6.96. The second-order valence-corrected chi connectivity index (χ2v) is 3.47. The standard InChI is InChI=1S/C14H16N2O3.C2H6/c1-4-13(11(2)18-3)14(17)16-15-9-5-7-12-8-6-10-19-12;1-2/h4-10H,1H2,2-3H3,(H,16,17);1-2H3/b7-5-,13-11+,15-9+;. The summed E-state index contributed by atoms with van der Waals surface area (Å²) in [4.78, 5) is 11.7. The summed E-state index contributed by atoms with van der Waals surface area (Å²) in [7, 11) is 1.49. The highest BCUT2D eigenvalue weighted by atomic mass is 16.5. The molecule has 1 rings (SSSR count). The molecule has 0 unspecified atom stereocenters. The summed E-state index contributed by atoms with van der Waals surface area (Å²) in [6, 6.07) is 3.59. The first-order chi connectivity index (χ1) is 10.2. The molecule has 21 heavy (non-hydrogen) atoms. The van der Waals surface area contributed by atoms with Crippen LogP contribution in [0, 0.1) is 0 Å². The molecule has 0 aliphatic carbocycles. The number of furan rings is 1. The molecule has 114 valence electrons. The number of ether oxygens (including phenoxy) is 1. The Balaban J connectivity index is 0.00000191. The summed E-state index contributed by atoms with van der Waals surface area (Å²) < 4.78 is 10.1. The van der Waals surface area contributed by atoms with E-state index >= 15 is 0 Å². The molecule has 0 atom stereocenters. The van der Waals surface area contributed by atoms with Crippen LogP contribution in [0.2, 0.25) is 0 Å². The largest absolute Gasteiger partial charge is 0.501 e. The van der Waals surface area contributed by atoms with Gasteiger partial charge in [-0.25, -0.2) is 5.43 Å². The van der Waals surface area contributed by atoms with Crippen molar-refractivity contribution in [1.29, 1.82) is 0 Å². The van der Waals surface area contributed by atoms with Gasteiger partial charge in [0.1, 0.15) is 11.5 Å². The van der Waals surface area contributed by atoms with Gasteiger partial charge in [0.15, 0.2) is 0 Å². The van der Waals surface area contributed by atoms with E-state index in [2.05, 4.69) is 17.1 Å². The molecule has 0 spiro atoms. The van der Waals surface area contributed by atoms with Gasteiger partial charge in [0, 0.05) is 6.21 Å². The van der Waals surface area contributed by atoms with Crippen LogP contribution < -0.4 is 5.43 Å². The number of methoxy groups -OCH3 is 1. The number of allylic oxidation sites excluding steroid dienone is 2. The molecule has 1 aromatic heterocycles. The molecule has 1 N–H and O–H groups in total. The molecule has 0 aliphatic rings. The van der Waals surface area contributed by atoms with Gasteiger partial charge in [-0.05, 0) is 31.2 Å². The summed E-state index contributed by atoms with van der Waals surface area (Å²) in [5.74, 6) is 0.811. The van der Waals surface area contributed by atoms with Crippen molar-refractivity contribution >= 4 is 18.2 Å². The zero-order valence-corrected chi connectivity index (χ0v) is 12.9. The van der Waals surface area contributed by atoms with Gasteiger partial charge in [0.2, 0.25) is 0 Å². The minimum atomic E-state index is -0.378. The van der Waals surface area contributed by atoms with Crippen LogP contribution in [0.1, 0.15) is 26.5 Å². The van der Waals surface area contributed by atoms with E-state index in [-0.39, 0.29) is 5.91 Å². The van der Waals surface area contributed by atoms with Crippen molar-refractivity contribution in [3.8, 4) is 0 Å². The maximum absolute atomic E-state index is 11.7. The highest BCUT2D eigenvalue weighted by molar-refractivity contribution is 5.96. The summed E-state index contributed by atoms with van der Waals surface area (Å²) in [6.07, 6.45) is 7.82. The number of rotatable bonds is 6. The first-order valence-electron chi connectivity index (χ1n) is 6.60. The molecule has 0 fully saturated rings. The van der Waals surface area contributed by atoms with Gasteiger partial charge < -0.3 is 9.15 Å². The number of nitrogens with one attached hydrogen (secondary N) is 1. The Labute approximate surface area is 125 Å². The number of amides is 1. The van der Waals surface area contributed by atoms with Crippen molar-refractivity contribution in [2.45, 2.75) is 20.8 Å². The number of hydrogen-bond acceptors (Lipinski definition) is 4. The Morgan fingerprint density at radius 2 is 2.19 bits per heavy atom. The number of carbonyl (C=O) groups excluding carboxylic acids is 1. The molecule has 1 aromatic rings. The van der Waals surface area contributed by atoms with Gasteiger partial charge in [-0.3, -0.25) is 4.79 Å². The van der Waals surface area contributed by atoms with Crippen molar-refractivity contribution in [2.75, 3.05) is 7.11 Å². The fourth-order valence-corrected chi connectivity index (χ4v) is 1.23. The zero-order chi connectivity index (χ0) is 16.1. The molecule has 0 aromatic carbocycles. The summed E-state index contributed by atoms with van der Waals surface area (Å²) in [6.45, 7) is 9.23. The summed E-state index contributed by atoms with van der Waals surface area (Å²) >= 11 is 0. The lowest BCUT2D eigenvalue weighted by molar-refractivity contribution is -0.117. The highest BCUT2D eigenvalue weighted by Crippen LogP contribution is 2.05. The topological polar surface area (TPSA) is 63.8 Å². The van der Waals surface area contributed by atoms with Crippen LogP contribution >= 0.6 is 0 Å². The van der Waals surface area contributed by atoms with Gasteiger partial charge in [-0.2, -0.15) is 5.10 Å². The van der Waals surface area contributed by atoms with Crippen molar-refractivity contribution in [3.05, 3.63) is 54.2 Å². The van der Waals surface area contributed by atoms with Crippen LogP contribution in [0.3, 0.4) is 0 Å². The van der Waals surface area contributed by atoms with Gasteiger partial charge in [-0.1, -0.05) is 26.5 Å². The van der Waals surface area contributed by atoms with E-state index in [0.29, 0.717) is 17.1 Å². The number of nitrogens with zero attached hydrogens (tertiary/aromatic N) is 1. The molecular weight excluding hydrogens is 268 g/mol. The van der Waals surface area contributed by atoms with Gasteiger partial charge in [0.05, 0.1) is 18.9 Å². The highest BCUT2D eigenvalue weighted by Gasteiger charge is 2.08. The number of carbonyl (C=O) groups is 1. The Bertz CT molecular complexity index is 512. The fraction of sp³-hybridized carbons (Fsp3) is 0.250. The maximum Gasteiger partial charge on any atom is 0.274 e. The SMILES string of the molecule is C=C/C(C(=O)N/N=C/C=C\c1ccco1)=C(/C)OC.CC. The van der Waals surface area contributed by atoms with E-state index in [4.69, 9.17) is 9.15 Å². The molecule has 5 nitrogen and oxygen atoms in total. The van der Waals surface area contributed by atoms with Crippen LogP contribution in [0.4, 0.5) is 0 Å². The minimum absolute atomic E-state index is 0.342. The van der Waals surface area contributed by atoms with E-state index in [9.17, 15) is 4.79 Å². The maximum atomic E-state index is 11.7. The van der Waals surface area contributed by atoms with E-state index < -0.39 is 0 Å². The lowest BCUT2D eigenvalue weighted by Gasteiger charge is -2.04. The van der Waals surface area contributed by atoms with Crippen LogP contribution in [0.25, 0.3) is 6.08 Å². The smallest absolute Gasteiger partial charge is 0.274 e. The Morgan fingerprint density at radius 1 is 1.48 bits per heavy atom. The van der Waals surface area contributed by atoms with E-state index in [1.165, 1.54) is 19.4 Å². The Morgan fingerprint density at radius 3 is 2.71 bits per heavy atom. The molecule has 0 aliphatic heterocycles. The second kappa shape index (κ2) is 11.3. The third-order valence-corrected chi connectivity index (χ3v) is 2.26. The third-order valence-electron chi connectivity index (χ3n) is 2.26. The number of hydrogen-bond donors (Lipinski definition) is 1. The van der Waals surface area contributed by atoms with Crippen molar-refractivity contribution in [1.82, 2.24) is 5.43 Å². The lowest BCUT2D eigenvalue weighted by atomic mass is 10.2. The Hall–Kier alpha value is -2.56. The van der Waals surface area contributed by atoms with E-state index in [1.54, 1.807) is 31.4 Å². The first-order valence-corrected chi connectivity index (χ1v) is 6.60. The van der Waals surface area contributed by atoms with Gasteiger partial charge >= 0.3 is 0 Å². The quantitative estimate of drug-likeness (QED) is 0.286. The predicted octanol–water partition coefficient (Wildman–Crippen LogP) is 3.53. The minimum Gasteiger partial charge on any atom is -0.501 e. The van der Waals surface area contributed by atoms with Gasteiger partial charge in [0.25, 0.3) is 5.91 Å². The van der Waals surface area contributed by atoms with Crippen molar-refractivity contribution in [3.63, 3.8) is 0 Å². The lowest BCUT2D eigenvalue weighted by Crippen LogP contribution is -2.19. The van der Waals surface area contributed by atoms with Crippen LogP contribution in [0.15, 0.2) is 58.0 Å². The molecule has 5 heteroatoms. The van der Waals surface area contributed by atoms with E-state index in [0.717, 1.165) is 0 Å². The zero-order valence-electron chi connectivity index (χ0n) is 12.9. The predicted molar refractivity (Wildman–Crippen MR) is 85.6 cm³/mol. The normalized spacial score (nSPS) is 11.6. The second-order valence-electron chi connectivity index (χ2n) is 3.47. The van der Waals surface area contributed by atoms with Crippen LogP contribution in [-0.2, 0) is 9.53 Å². The molecule has 0 saturated carbocycles. The fourth-order valence-electron chi connectivity index (χ4n) is 1.23. The van der Waals surface area contributed by atoms with Crippen molar-refractivity contribution < 1.29 is 13.9 Å². The molecule has 0 radical (unpaired) electrons. The Kier molecular flexibility index (Phi) is 9.91. The molecule has 1 amide bonds. The molecular formula is C16H22N2O3. The monoisotopic (exact) mass is 290 g/mol. The molecule has 0 saturated heterocycles. The first kappa shape index (κ1) is 18.4. The van der Waals surface area contributed by atoms with Crippen LogP contribution in [0.5, 0.6) is 0 Å². The average molecular weight is 290 g/mol.